The molecule has 79 heavy (non-hydrogen) atoms. The van der Waals surface area contributed by atoms with Crippen molar-refractivity contribution < 1.29 is 28.6 Å². The van der Waals surface area contributed by atoms with Crippen molar-refractivity contribution in [1.29, 1.82) is 0 Å². The summed E-state index contributed by atoms with van der Waals surface area (Å²) in [6.45, 7) is 6.44. The summed E-state index contributed by atoms with van der Waals surface area (Å²) >= 11 is 0. The SMILES string of the molecule is CC/C=C\C/C=C\C/C=C\C/C=C\C/C=C\C/C=C\C/C=C\C/C=C\C/C=C\CCCCCCCC(=O)OCC(COC(=O)CCCCCCC/C=C\CCCCCCC)OC(=O)CCCCCCC/C=C\C/C=C\CCCC. The van der Waals surface area contributed by atoms with Crippen molar-refractivity contribution in [1.82, 2.24) is 0 Å². The van der Waals surface area contributed by atoms with Crippen LogP contribution in [-0.4, -0.2) is 37.2 Å². The van der Waals surface area contributed by atoms with E-state index >= 15 is 0 Å². The van der Waals surface area contributed by atoms with Gasteiger partial charge in [-0.25, -0.2) is 0 Å². The van der Waals surface area contributed by atoms with Gasteiger partial charge in [-0.05, 0) is 141 Å². The molecule has 0 aliphatic rings. The third kappa shape index (κ3) is 64.0. The summed E-state index contributed by atoms with van der Waals surface area (Å²) in [7, 11) is 0. The lowest BCUT2D eigenvalue weighted by molar-refractivity contribution is -0.167. The lowest BCUT2D eigenvalue weighted by Crippen LogP contribution is -2.30. The third-order valence-electron chi connectivity index (χ3n) is 13.3. The molecule has 0 aromatic carbocycles. The Bertz CT molecular complexity index is 1730. The van der Waals surface area contributed by atoms with E-state index in [0.29, 0.717) is 19.3 Å². The van der Waals surface area contributed by atoms with Gasteiger partial charge in [0.15, 0.2) is 6.10 Å². The zero-order valence-electron chi connectivity index (χ0n) is 51.1. The van der Waals surface area contributed by atoms with Crippen molar-refractivity contribution in [3.05, 3.63) is 146 Å². The molecule has 0 aromatic heterocycles. The van der Waals surface area contributed by atoms with Crippen LogP contribution >= 0.6 is 0 Å². The molecule has 0 rings (SSSR count). The summed E-state index contributed by atoms with van der Waals surface area (Å²) in [5.41, 5.74) is 0. The number of hydrogen-bond acceptors (Lipinski definition) is 6. The Morgan fingerprint density at radius 2 is 0.506 bits per heavy atom. The maximum absolute atomic E-state index is 12.9. The fourth-order valence-corrected chi connectivity index (χ4v) is 8.45. The van der Waals surface area contributed by atoms with Gasteiger partial charge in [0.2, 0.25) is 0 Å². The lowest BCUT2D eigenvalue weighted by Gasteiger charge is -2.18. The number of allylic oxidation sites excluding steroid dienone is 24. The smallest absolute Gasteiger partial charge is 0.306 e. The van der Waals surface area contributed by atoms with E-state index in [-0.39, 0.29) is 31.1 Å². The summed E-state index contributed by atoms with van der Waals surface area (Å²) in [5, 5.41) is 0. The van der Waals surface area contributed by atoms with Gasteiger partial charge in [0.05, 0.1) is 0 Å². The molecule has 0 radical (unpaired) electrons. The van der Waals surface area contributed by atoms with Crippen molar-refractivity contribution in [2.45, 2.75) is 284 Å². The number of carbonyl (C=O) groups is 3. The van der Waals surface area contributed by atoms with E-state index in [9.17, 15) is 14.4 Å². The first kappa shape index (κ1) is 74.3. The molecule has 0 aliphatic heterocycles. The summed E-state index contributed by atoms with van der Waals surface area (Å²) in [5.74, 6) is -0.941. The molecule has 0 saturated heterocycles. The number of ether oxygens (including phenoxy) is 3. The van der Waals surface area contributed by atoms with Crippen LogP contribution in [0.25, 0.3) is 0 Å². The summed E-state index contributed by atoms with van der Waals surface area (Å²) in [6, 6.07) is 0. The monoisotopic (exact) mass is 1090 g/mol. The van der Waals surface area contributed by atoms with Crippen molar-refractivity contribution >= 4 is 17.9 Å². The molecule has 0 fully saturated rings. The summed E-state index contributed by atoms with van der Waals surface area (Å²) in [6.07, 6.45) is 94.2. The van der Waals surface area contributed by atoms with E-state index in [1.807, 2.05) is 0 Å². The first-order valence-corrected chi connectivity index (χ1v) is 32.3. The molecule has 0 aliphatic carbocycles. The average Bonchev–Trinajstić information content (AvgIpc) is 3.45. The number of unbranched alkanes of at least 4 members (excludes halogenated alkanes) is 22. The molecular formula is C73H118O6. The van der Waals surface area contributed by atoms with Crippen LogP contribution in [0.5, 0.6) is 0 Å². The molecule has 1 unspecified atom stereocenters. The largest absolute Gasteiger partial charge is 0.462 e. The van der Waals surface area contributed by atoms with Gasteiger partial charge in [-0.15, -0.1) is 0 Å². The van der Waals surface area contributed by atoms with Crippen LogP contribution in [0.15, 0.2) is 146 Å². The van der Waals surface area contributed by atoms with Gasteiger partial charge in [0.25, 0.3) is 0 Å². The standard InChI is InChI=1S/C73H118O6/c1-4-7-10-13-16-19-22-25-28-29-30-31-32-33-34-35-36-37-38-39-40-41-42-43-44-45-46-49-51-54-57-60-63-66-72(75)78-69-70(79-73(76)67-64-61-58-55-52-48-27-24-21-18-15-12-9-6-3)68-77-71(74)65-62-59-56-53-50-47-26-23-20-17-14-11-8-5-2/h7,10,15-16,18-19,23-28,30-31,33-34,36-37,39-40,42-43,45-46,70H,4-6,8-9,11-14,17,20-22,29,32,35,38,41,44,47-69H2,1-3H3/b10-7-,18-15-,19-16-,26-23-,27-24-,28-25-,31-30-,34-33-,37-36-,40-39-,43-42-,46-45-. The summed E-state index contributed by atoms with van der Waals surface area (Å²) < 4.78 is 16.9. The maximum atomic E-state index is 12.9. The second-order valence-electron chi connectivity index (χ2n) is 20.9. The van der Waals surface area contributed by atoms with Crippen molar-refractivity contribution in [3.63, 3.8) is 0 Å². The zero-order valence-corrected chi connectivity index (χ0v) is 51.1. The van der Waals surface area contributed by atoms with Crippen molar-refractivity contribution in [2.75, 3.05) is 13.2 Å². The molecule has 0 spiro atoms. The van der Waals surface area contributed by atoms with Crippen LogP contribution in [0.1, 0.15) is 278 Å². The van der Waals surface area contributed by atoms with Gasteiger partial charge in [0, 0.05) is 19.3 Å². The first-order chi connectivity index (χ1) is 39.0. The second kappa shape index (κ2) is 65.8. The van der Waals surface area contributed by atoms with E-state index in [1.165, 1.54) is 64.2 Å². The van der Waals surface area contributed by atoms with Gasteiger partial charge in [-0.2, -0.15) is 0 Å². The number of hydrogen-bond donors (Lipinski definition) is 0. The van der Waals surface area contributed by atoms with Gasteiger partial charge in [0.1, 0.15) is 13.2 Å². The Labute approximate surface area is 487 Å². The molecule has 0 aromatic rings. The van der Waals surface area contributed by atoms with Crippen LogP contribution in [-0.2, 0) is 28.6 Å². The second-order valence-corrected chi connectivity index (χ2v) is 20.9. The van der Waals surface area contributed by atoms with Crippen LogP contribution in [0.2, 0.25) is 0 Å². The molecule has 6 heteroatoms. The average molecular weight is 1090 g/mol. The predicted octanol–water partition coefficient (Wildman–Crippen LogP) is 22.3. The molecule has 0 N–H and O–H groups in total. The van der Waals surface area contributed by atoms with Gasteiger partial charge in [-0.1, -0.05) is 263 Å². The zero-order chi connectivity index (χ0) is 57.1. The first-order valence-electron chi connectivity index (χ1n) is 32.3. The highest BCUT2D eigenvalue weighted by Gasteiger charge is 2.19. The minimum atomic E-state index is -0.803. The minimum absolute atomic E-state index is 0.0980. The number of carbonyl (C=O) groups excluding carboxylic acids is 3. The van der Waals surface area contributed by atoms with Crippen molar-refractivity contribution in [3.8, 4) is 0 Å². The number of rotatable bonds is 57. The molecule has 6 nitrogen and oxygen atoms in total. The molecule has 0 heterocycles. The van der Waals surface area contributed by atoms with Gasteiger partial charge < -0.3 is 14.2 Å². The van der Waals surface area contributed by atoms with E-state index < -0.39 is 6.10 Å². The highest BCUT2D eigenvalue weighted by Crippen LogP contribution is 2.14. The molecule has 1 atom stereocenters. The highest BCUT2D eigenvalue weighted by atomic mass is 16.6. The normalized spacial score (nSPS) is 13.1. The van der Waals surface area contributed by atoms with E-state index in [4.69, 9.17) is 14.2 Å². The topological polar surface area (TPSA) is 78.9 Å². The van der Waals surface area contributed by atoms with Crippen LogP contribution in [0.4, 0.5) is 0 Å². The van der Waals surface area contributed by atoms with E-state index in [1.54, 1.807) is 0 Å². The molecule has 0 amide bonds. The lowest BCUT2D eigenvalue weighted by atomic mass is 10.1. The molecular weight excluding hydrogens is 973 g/mol. The third-order valence-corrected chi connectivity index (χ3v) is 13.3. The highest BCUT2D eigenvalue weighted by molar-refractivity contribution is 5.71. The predicted molar refractivity (Wildman–Crippen MR) is 343 cm³/mol. The summed E-state index contributed by atoms with van der Waals surface area (Å²) in [4.78, 5) is 38.2. The molecule has 0 saturated carbocycles. The fraction of sp³-hybridized carbons (Fsp3) is 0.630. The maximum Gasteiger partial charge on any atom is 0.306 e. The Balaban J connectivity index is 4.34. The molecule has 0 bridgehead atoms. The van der Waals surface area contributed by atoms with Crippen LogP contribution in [0, 0.1) is 0 Å². The van der Waals surface area contributed by atoms with Crippen molar-refractivity contribution in [2.24, 2.45) is 0 Å². The number of esters is 3. The fourth-order valence-electron chi connectivity index (χ4n) is 8.45. The van der Waals surface area contributed by atoms with Gasteiger partial charge >= 0.3 is 17.9 Å². The quantitative estimate of drug-likeness (QED) is 0.0261. The van der Waals surface area contributed by atoms with Crippen LogP contribution < -0.4 is 0 Å². The minimum Gasteiger partial charge on any atom is -0.462 e. The Hall–Kier alpha value is -4.71. The Morgan fingerprint density at radius 1 is 0.266 bits per heavy atom. The van der Waals surface area contributed by atoms with Crippen LogP contribution in [0.3, 0.4) is 0 Å². The van der Waals surface area contributed by atoms with E-state index in [2.05, 4.69) is 167 Å². The Morgan fingerprint density at radius 3 is 0.823 bits per heavy atom. The van der Waals surface area contributed by atoms with Gasteiger partial charge in [-0.3, -0.25) is 14.4 Å². The molecule has 446 valence electrons. The van der Waals surface area contributed by atoms with E-state index in [0.717, 1.165) is 173 Å². The Kier molecular flexibility index (Phi) is 61.9.